The Morgan fingerprint density at radius 1 is 1.12 bits per heavy atom. The van der Waals surface area contributed by atoms with Gasteiger partial charge >= 0.3 is 0 Å². The van der Waals surface area contributed by atoms with Gasteiger partial charge in [-0.15, -0.1) is 11.8 Å². The Hall–Kier alpha value is -1.50. The van der Waals surface area contributed by atoms with Crippen molar-refractivity contribution in [1.82, 2.24) is 10.2 Å². The van der Waals surface area contributed by atoms with Gasteiger partial charge in [0.1, 0.15) is 6.04 Å². The van der Waals surface area contributed by atoms with Crippen molar-refractivity contribution >= 4 is 51.1 Å². The average molecular weight is 538 g/mol. The van der Waals surface area contributed by atoms with Crippen LogP contribution in [0.3, 0.4) is 0 Å². The molecule has 1 aliphatic carbocycles. The van der Waals surface area contributed by atoms with Crippen LogP contribution >= 0.6 is 39.3 Å². The molecule has 0 unspecified atom stereocenters. The second kappa shape index (κ2) is 12.7. The van der Waals surface area contributed by atoms with Crippen LogP contribution in [0.1, 0.15) is 50.2 Å². The van der Waals surface area contributed by atoms with Gasteiger partial charge < -0.3 is 10.2 Å². The summed E-state index contributed by atoms with van der Waals surface area (Å²) < 4.78 is 1.04. The fourth-order valence-electron chi connectivity index (χ4n) is 3.90. The molecule has 0 saturated heterocycles. The largest absolute Gasteiger partial charge is 0.352 e. The van der Waals surface area contributed by atoms with Crippen molar-refractivity contribution in [2.45, 2.75) is 63.4 Å². The van der Waals surface area contributed by atoms with Crippen molar-refractivity contribution in [2.75, 3.05) is 5.75 Å². The maximum Gasteiger partial charge on any atom is 0.242 e. The standard InChI is InChI=1S/C25H30BrClN2O2S/c1-18(25(31)28-23-8-3-2-4-9-23)29(15-20-6-5-7-22(27)14-20)24(30)17-32-16-19-10-12-21(26)13-11-19/h5-7,10-14,18,23H,2-4,8-9,15-17H2,1H3,(H,28,31)/t18-/m1/s1. The zero-order valence-electron chi connectivity index (χ0n) is 18.4. The van der Waals surface area contributed by atoms with Crippen molar-refractivity contribution in [2.24, 2.45) is 0 Å². The molecular weight excluding hydrogens is 508 g/mol. The maximum atomic E-state index is 13.2. The number of carbonyl (C=O) groups excluding carboxylic acids is 2. The molecule has 3 rings (SSSR count). The van der Waals surface area contributed by atoms with E-state index in [1.54, 1.807) is 16.7 Å². The van der Waals surface area contributed by atoms with Crippen LogP contribution in [0.15, 0.2) is 53.0 Å². The van der Waals surface area contributed by atoms with E-state index >= 15 is 0 Å². The highest BCUT2D eigenvalue weighted by Crippen LogP contribution is 2.21. The van der Waals surface area contributed by atoms with E-state index in [4.69, 9.17) is 11.6 Å². The fourth-order valence-corrected chi connectivity index (χ4v) is 5.25. The number of benzene rings is 2. The van der Waals surface area contributed by atoms with E-state index in [0.717, 1.165) is 47.0 Å². The molecule has 1 atom stereocenters. The second-order valence-corrected chi connectivity index (χ2v) is 10.6. The van der Waals surface area contributed by atoms with Crippen LogP contribution in [-0.4, -0.2) is 34.6 Å². The highest BCUT2D eigenvalue weighted by molar-refractivity contribution is 9.10. The molecule has 2 aromatic rings. The Balaban J connectivity index is 1.64. The Bertz CT molecular complexity index is 903. The molecule has 1 fully saturated rings. The third-order valence-electron chi connectivity index (χ3n) is 5.77. The molecule has 0 heterocycles. The van der Waals surface area contributed by atoms with Crippen LogP contribution in [0.5, 0.6) is 0 Å². The van der Waals surface area contributed by atoms with Gasteiger partial charge in [0.25, 0.3) is 0 Å². The van der Waals surface area contributed by atoms with Crippen LogP contribution in [0.2, 0.25) is 5.02 Å². The lowest BCUT2D eigenvalue weighted by atomic mass is 9.95. The van der Waals surface area contributed by atoms with Gasteiger partial charge in [-0.05, 0) is 55.2 Å². The number of hydrogen-bond donors (Lipinski definition) is 1. The second-order valence-electron chi connectivity index (χ2n) is 8.29. The Kier molecular flexibility index (Phi) is 9.94. The van der Waals surface area contributed by atoms with Crippen molar-refractivity contribution in [3.05, 3.63) is 69.2 Å². The van der Waals surface area contributed by atoms with E-state index < -0.39 is 6.04 Å². The van der Waals surface area contributed by atoms with Gasteiger partial charge in [-0.3, -0.25) is 9.59 Å². The van der Waals surface area contributed by atoms with Crippen molar-refractivity contribution in [3.8, 4) is 0 Å². The molecule has 4 nitrogen and oxygen atoms in total. The first kappa shape index (κ1) is 25.1. The first-order valence-electron chi connectivity index (χ1n) is 11.1. The normalized spacial score (nSPS) is 15.2. The van der Waals surface area contributed by atoms with E-state index in [2.05, 4.69) is 21.2 Å². The maximum absolute atomic E-state index is 13.2. The summed E-state index contributed by atoms with van der Waals surface area (Å²) in [5, 5.41) is 3.79. The SMILES string of the molecule is C[C@H](C(=O)NC1CCCCC1)N(Cc1cccc(Cl)c1)C(=O)CSCc1ccc(Br)cc1. The summed E-state index contributed by atoms with van der Waals surface area (Å²) in [6.07, 6.45) is 5.57. The third kappa shape index (κ3) is 7.82. The molecular formula is C25H30BrClN2O2S. The van der Waals surface area contributed by atoms with Crippen LogP contribution in [0, 0.1) is 0 Å². The zero-order valence-corrected chi connectivity index (χ0v) is 21.5. The molecule has 0 aliphatic heterocycles. The van der Waals surface area contributed by atoms with Gasteiger partial charge in [-0.25, -0.2) is 0 Å². The predicted octanol–water partition coefficient (Wildman–Crippen LogP) is 6.20. The van der Waals surface area contributed by atoms with E-state index in [1.165, 1.54) is 6.42 Å². The molecule has 1 saturated carbocycles. The number of carbonyl (C=O) groups is 2. The summed E-state index contributed by atoms with van der Waals surface area (Å²) in [6.45, 7) is 2.18. The number of thioether (sulfide) groups is 1. The summed E-state index contributed by atoms with van der Waals surface area (Å²) in [5.74, 6) is 0.938. The Labute approximate surface area is 208 Å². The minimum absolute atomic E-state index is 0.0432. The van der Waals surface area contributed by atoms with Gasteiger partial charge in [0.15, 0.2) is 0 Å². The van der Waals surface area contributed by atoms with Crippen LogP contribution in [-0.2, 0) is 21.9 Å². The summed E-state index contributed by atoms with van der Waals surface area (Å²) in [4.78, 5) is 27.9. The van der Waals surface area contributed by atoms with E-state index in [1.807, 2.05) is 55.5 Å². The molecule has 0 spiro atoms. The minimum atomic E-state index is -0.545. The van der Waals surface area contributed by atoms with Crippen molar-refractivity contribution in [1.29, 1.82) is 0 Å². The fraction of sp³-hybridized carbons (Fsp3) is 0.440. The van der Waals surface area contributed by atoms with Crippen LogP contribution in [0.25, 0.3) is 0 Å². The highest BCUT2D eigenvalue weighted by Gasteiger charge is 2.28. The molecule has 0 bridgehead atoms. The number of hydrogen-bond acceptors (Lipinski definition) is 3. The molecule has 172 valence electrons. The number of halogens is 2. The van der Waals surface area contributed by atoms with Gasteiger partial charge in [-0.1, -0.05) is 71.1 Å². The summed E-state index contributed by atoms with van der Waals surface area (Å²) in [6, 6.07) is 15.2. The Morgan fingerprint density at radius 2 is 1.84 bits per heavy atom. The number of nitrogens with zero attached hydrogens (tertiary/aromatic N) is 1. The van der Waals surface area contributed by atoms with Gasteiger partial charge in [0.2, 0.25) is 11.8 Å². The smallest absolute Gasteiger partial charge is 0.242 e. The Morgan fingerprint density at radius 3 is 2.53 bits per heavy atom. The van der Waals surface area contributed by atoms with E-state index in [-0.39, 0.29) is 17.9 Å². The first-order chi connectivity index (χ1) is 15.4. The van der Waals surface area contributed by atoms with Crippen molar-refractivity contribution < 1.29 is 9.59 Å². The molecule has 2 aromatic carbocycles. The topological polar surface area (TPSA) is 49.4 Å². The number of rotatable bonds is 9. The molecule has 7 heteroatoms. The van der Waals surface area contributed by atoms with E-state index in [9.17, 15) is 9.59 Å². The quantitative estimate of drug-likeness (QED) is 0.414. The molecule has 1 aliphatic rings. The van der Waals surface area contributed by atoms with Crippen molar-refractivity contribution in [3.63, 3.8) is 0 Å². The number of amides is 2. The average Bonchev–Trinajstić information content (AvgIpc) is 2.79. The third-order valence-corrected chi connectivity index (χ3v) is 7.52. The van der Waals surface area contributed by atoms with Crippen LogP contribution < -0.4 is 5.32 Å². The van der Waals surface area contributed by atoms with Gasteiger partial charge in [-0.2, -0.15) is 0 Å². The lowest BCUT2D eigenvalue weighted by Gasteiger charge is -2.31. The molecule has 32 heavy (non-hydrogen) atoms. The van der Waals surface area contributed by atoms with Gasteiger partial charge in [0, 0.05) is 27.8 Å². The molecule has 1 N–H and O–H groups in total. The van der Waals surface area contributed by atoms with E-state index in [0.29, 0.717) is 17.3 Å². The minimum Gasteiger partial charge on any atom is -0.352 e. The first-order valence-corrected chi connectivity index (χ1v) is 13.4. The summed E-state index contributed by atoms with van der Waals surface area (Å²) in [5.41, 5.74) is 2.08. The lowest BCUT2D eigenvalue weighted by molar-refractivity contribution is -0.139. The lowest BCUT2D eigenvalue weighted by Crippen LogP contribution is -2.50. The summed E-state index contributed by atoms with van der Waals surface area (Å²) in [7, 11) is 0. The molecule has 0 aromatic heterocycles. The zero-order chi connectivity index (χ0) is 22.9. The number of nitrogens with one attached hydrogen (secondary N) is 1. The predicted molar refractivity (Wildman–Crippen MR) is 137 cm³/mol. The molecule has 0 radical (unpaired) electrons. The monoisotopic (exact) mass is 536 g/mol. The highest BCUT2D eigenvalue weighted by atomic mass is 79.9. The van der Waals surface area contributed by atoms with Gasteiger partial charge in [0.05, 0.1) is 5.75 Å². The summed E-state index contributed by atoms with van der Waals surface area (Å²) >= 11 is 11.2. The molecule has 2 amide bonds. The van der Waals surface area contributed by atoms with Crippen LogP contribution in [0.4, 0.5) is 0 Å².